The predicted molar refractivity (Wildman–Crippen MR) is 70.3 cm³/mol. The normalized spacial score (nSPS) is 25.6. The molecule has 0 amide bonds. The van der Waals surface area contributed by atoms with Gasteiger partial charge in [0.25, 0.3) is 5.60 Å². The second kappa shape index (κ2) is 5.73. The molecule has 0 heterocycles. The molecule has 0 aliphatic heterocycles. The Hall–Kier alpha value is -2.08. The Morgan fingerprint density at radius 1 is 1.19 bits per heavy atom. The molecule has 0 spiro atoms. The molecule has 2 rings (SSSR count). The van der Waals surface area contributed by atoms with E-state index >= 15 is 0 Å². The van der Waals surface area contributed by atoms with Crippen molar-refractivity contribution < 1.29 is 27.4 Å². The molecule has 1 aromatic carbocycles. The molecule has 2 unspecified atom stereocenters. The van der Waals surface area contributed by atoms with Crippen molar-refractivity contribution in [1.29, 1.82) is 0 Å². The van der Waals surface area contributed by atoms with Crippen LogP contribution in [0.5, 0.6) is 0 Å². The Morgan fingerprint density at radius 3 is 2.33 bits per heavy atom. The van der Waals surface area contributed by atoms with E-state index in [1.165, 1.54) is 12.1 Å². The summed E-state index contributed by atoms with van der Waals surface area (Å²) in [4.78, 5) is 11.7. The Balaban J connectivity index is 2.57. The van der Waals surface area contributed by atoms with Gasteiger partial charge in [-0.15, -0.1) is 0 Å². The van der Waals surface area contributed by atoms with E-state index in [9.17, 15) is 18.0 Å². The fourth-order valence-electron chi connectivity index (χ4n) is 2.21. The molecule has 0 saturated heterocycles. The van der Waals surface area contributed by atoms with Gasteiger partial charge in [0.15, 0.2) is 6.17 Å². The lowest BCUT2D eigenvalue weighted by Gasteiger charge is -2.33. The summed E-state index contributed by atoms with van der Waals surface area (Å²) >= 11 is 0. The number of carbonyl (C=O) groups excluding carboxylic acids is 1. The molecule has 0 saturated carbocycles. The number of esters is 1. The molecule has 2 atom stereocenters. The van der Waals surface area contributed by atoms with Crippen LogP contribution >= 0.6 is 0 Å². The van der Waals surface area contributed by atoms with Crippen molar-refractivity contribution >= 4 is 11.5 Å². The SMILES string of the molecule is COC(=O)C1(OC)C(F)=CC(c2ccccc2)=C(F)C1F. The number of alkyl halides is 1. The van der Waals surface area contributed by atoms with Crippen LogP contribution in [0.1, 0.15) is 5.56 Å². The minimum Gasteiger partial charge on any atom is -0.466 e. The summed E-state index contributed by atoms with van der Waals surface area (Å²) < 4.78 is 51.9. The summed E-state index contributed by atoms with van der Waals surface area (Å²) in [7, 11) is 1.86. The van der Waals surface area contributed by atoms with Crippen molar-refractivity contribution in [2.24, 2.45) is 0 Å². The molecule has 0 N–H and O–H groups in total. The van der Waals surface area contributed by atoms with Crippen molar-refractivity contribution in [1.82, 2.24) is 0 Å². The third-order valence-electron chi connectivity index (χ3n) is 3.36. The van der Waals surface area contributed by atoms with Crippen LogP contribution in [0.15, 0.2) is 48.1 Å². The molecule has 112 valence electrons. The van der Waals surface area contributed by atoms with E-state index in [-0.39, 0.29) is 5.57 Å². The Morgan fingerprint density at radius 2 is 1.81 bits per heavy atom. The number of rotatable bonds is 3. The van der Waals surface area contributed by atoms with Gasteiger partial charge in [0, 0.05) is 12.7 Å². The van der Waals surface area contributed by atoms with Gasteiger partial charge in [-0.3, -0.25) is 0 Å². The minimum absolute atomic E-state index is 0.267. The Labute approximate surface area is 119 Å². The maximum Gasteiger partial charge on any atom is 0.348 e. The number of halogens is 3. The number of ether oxygens (including phenoxy) is 2. The lowest BCUT2D eigenvalue weighted by Crippen LogP contribution is -2.52. The zero-order valence-corrected chi connectivity index (χ0v) is 11.4. The highest BCUT2D eigenvalue weighted by atomic mass is 19.2. The lowest BCUT2D eigenvalue weighted by molar-refractivity contribution is -0.170. The highest BCUT2D eigenvalue weighted by Crippen LogP contribution is 2.42. The second-order valence-corrected chi connectivity index (χ2v) is 4.41. The highest BCUT2D eigenvalue weighted by Gasteiger charge is 2.57. The first-order chi connectivity index (χ1) is 9.98. The molecule has 0 radical (unpaired) electrons. The van der Waals surface area contributed by atoms with Gasteiger partial charge in [-0.1, -0.05) is 30.3 Å². The summed E-state index contributed by atoms with van der Waals surface area (Å²) in [6.45, 7) is 0. The number of allylic oxidation sites excluding steroid dienone is 2. The quantitative estimate of drug-likeness (QED) is 0.804. The lowest BCUT2D eigenvalue weighted by atomic mass is 9.85. The van der Waals surface area contributed by atoms with Crippen LogP contribution in [-0.4, -0.2) is 32.0 Å². The Kier molecular flexibility index (Phi) is 4.18. The van der Waals surface area contributed by atoms with Gasteiger partial charge in [0.05, 0.1) is 7.11 Å². The van der Waals surface area contributed by atoms with Crippen LogP contribution in [0.2, 0.25) is 0 Å². The molecule has 1 aliphatic carbocycles. The predicted octanol–water partition coefficient (Wildman–Crippen LogP) is 3.13. The smallest absolute Gasteiger partial charge is 0.348 e. The summed E-state index contributed by atoms with van der Waals surface area (Å²) in [5, 5.41) is 0. The molecular formula is C15H13F3O3. The van der Waals surface area contributed by atoms with Crippen molar-refractivity contribution in [2.45, 2.75) is 11.8 Å². The molecule has 0 aromatic heterocycles. The third kappa shape index (κ3) is 2.25. The average Bonchev–Trinajstić information content (AvgIpc) is 2.52. The standard InChI is InChI=1S/C15H13F3O3/c1-20-14(19)15(21-2)11(16)8-10(12(17)13(15)18)9-6-4-3-5-7-9/h3-8,13H,1-2H3. The van der Waals surface area contributed by atoms with E-state index in [1.54, 1.807) is 18.2 Å². The number of hydrogen-bond donors (Lipinski definition) is 0. The molecule has 1 aliphatic rings. The molecule has 0 fully saturated rings. The van der Waals surface area contributed by atoms with Crippen molar-refractivity contribution in [3.8, 4) is 0 Å². The summed E-state index contributed by atoms with van der Waals surface area (Å²) in [6.07, 6.45) is -1.88. The van der Waals surface area contributed by atoms with Gasteiger partial charge in [-0.05, 0) is 11.6 Å². The molecule has 3 nitrogen and oxygen atoms in total. The highest BCUT2D eigenvalue weighted by molar-refractivity contribution is 5.90. The molecule has 1 aromatic rings. The second-order valence-electron chi connectivity index (χ2n) is 4.41. The Bertz CT molecular complexity index is 610. The maximum atomic E-state index is 14.4. The van der Waals surface area contributed by atoms with Gasteiger partial charge < -0.3 is 9.47 Å². The van der Waals surface area contributed by atoms with E-state index in [1.807, 2.05) is 0 Å². The van der Waals surface area contributed by atoms with E-state index in [2.05, 4.69) is 9.47 Å². The fraction of sp³-hybridized carbons (Fsp3) is 0.267. The van der Waals surface area contributed by atoms with E-state index in [0.29, 0.717) is 5.56 Å². The fourth-order valence-corrected chi connectivity index (χ4v) is 2.21. The monoisotopic (exact) mass is 298 g/mol. The van der Waals surface area contributed by atoms with Crippen LogP contribution in [0.3, 0.4) is 0 Å². The first kappa shape index (κ1) is 15.3. The number of hydrogen-bond acceptors (Lipinski definition) is 3. The van der Waals surface area contributed by atoms with Crippen LogP contribution in [-0.2, 0) is 14.3 Å². The zero-order chi connectivity index (χ0) is 15.6. The van der Waals surface area contributed by atoms with Gasteiger partial charge in [-0.2, -0.15) is 0 Å². The topological polar surface area (TPSA) is 35.5 Å². The van der Waals surface area contributed by atoms with E-state index < -0.39 is 29.4 Å². The summed E-state index contributed by atoms with van der Waals surface area (Å²) in [6, 6.07) is 7.90. The minimum atomic E-state index is -2.74. The first-order valence-electron chi connectivity index (χ1n) is 6.09. The number of benzene rings is 1. The summed E-state index contributed by atoms with van der Waals surface area (Å²) in [5.74, 6) is -3.87. The average molecular weight is 298 g/mol. The van der Waals surface area contributed by atoms with Crippen molar-refractivity contribution in [3.05, 3.63) is 53.6 Å². The first-order valence-corrected chi connectivity index (χ1v) is 6.09. The van der Waals surface area contributed by atoms with Gasteiger partial charge in [0.2, 0.25) is 0 Å². The zero-order valence-electron chi connectivity index (χ0n) is 11.4. The van der Waals surface area contributed by atoms with Gasteiger partial charge in [0.1, 0.15) is 11.7 Å². The largest absolute Gasteiger partial charge is 0.466 e. The third-order valence-corrected chi connectivity index (χ3v) is 3.36. The van der Waals surface area contributed by atoms with Crippen LogP contribution in [0, 0.1) is 0 Å². The van der Waals surface area contributed by atoms with Crippen LogP contribution in [0.25, 0.3) is 5.57 Å². The number of carbonyl (C=O) groups is 1. The van der Waals surface area contributed by atoms with Crippen molar-refractivity contribution in [2.75, 3.05) is 14.2 Å². The molecule has 0 bridgehead atoms. The maximum absolute atomic E-state index is 14.4. The van der Waals surface area contributed by atoms with Crippen LogP contribution < -0.4 is 0 Å². The van der Waals surface area contributed by atoms with Gasteiger partial charge >= 0.3 is 5.97 Å². The molecule has 6 heteroatoms. The van der Waals surface area contributed by atoms with E-state index in [0.717, 1.165) is 20.3 Å². The molecular weight excluding hydrogens is 285 g/mol. The summed E-state index contributed by atoms with van der Waals surface area (Å²) in [5.41, 5.74) is -2.71. The van der Waals surface area contributed by atoms with Crippen LogP contribution in [0.4, 0.5) is 13.2 Å². The van der Waals surface area contributed by atoms with Gasteiger partial charge in [-0.25, -0.2) is 18.0 Å². The van der Waals surface area contributed by atoms with Crippen molar-refractivity contribution in [3.63, 3.8) is 0 Å². The van der Waals surface area contributed by atoms with E-state index in [4.69, 9.17) is 0 Å². The number of methoxy groups -OCH3 is 2. The molecule has 21 heavy (non-hydrogen) atoms.